The van der Waals surface area contributed by atoms with Crippen LogP contribution in [0.1, 0.15) is 43.2 Å². The van der Waals surface area contributed by atoms with Crippen molar-refractivity contribution in [3.05, 3.63) is 53.9 Å². The molecule has 1 aromatic carbocycles. The molecule has 1 N–H and O–H groups in total. The predicted molar refractivity (Wildman–Crippen MR) is 110 cm³/mol. The predicted octanol–water partition coefficient (Wildman–Crippen LogP) is 2.14. The van der Waals surface area contributed by atoms with Crippen LogP contribution < -0.4 is 5.32 Å². The number of carbonyl (C=O) groups excluding carboxylic acids is 3. The Hall–Kier alpha value is -3.16. The summed E-state index contributed by atoms with van der Waals surface area (Å²) >= 11 is 0. The van der Waals surface area contributed by atoms with Gasteiger partial charge in [-0.2, -0.15) is 5.10 Å². The maximum atomic E-state index is 12.7. The van der Waals surface area contributed by atoms with E-state index in [0.717, 1.165) is 24.0 Å². The number of aromatic nitrogens is 2. The van der Waals surface area contributed by atoms with Gasteiger partial charge in [0.05, 0.1) is 12.7 Å². The number of urea groups is 1. The Morgan fingerprint density at radius 3 is 2.63 bits per heavy atom. The van der Waals surface area contributed by atoms with Crippen molar-refractivity contribution >= 4 is 17.8 Å². The van der Waals surface area contributed by atoms with Crippen molar-refractivity contribution in [2.24, 2.45) is 0 Å². The second kappa shape index (κ2) is 8.30. The minimum absolute atomic E-state index is 0.112. The van der Waals surface area contributed by atoms with Gasteiger partial charge in [0.1, 0.15) is 5.54 Å². The first-order valence-corrected chi connectivity index (χ1v) is 10.4. The number of nitrogens with one attached hydrogen (secondary N) is 1. The molecule has 30 heavy (non-hydrogen) atoms. The highest BCUT2D eigenvalue weighted by Crippen LogP contribution is 2.35. The molecule has 0 unspecified atom stereocenters. The van der Waals surface area contributed by atoms with Crippen molar-refractivity contribution in [3.8, 4) is 0 Å². The average Bonchev–Trinajstić information content (AvgIpc) is 3.43. The number of carbonyl (C=O) groups is 3. The molecule has 0 bridgehead atoms. The van der Waals surface area contributed by atoms with E-state index < -0.39 is 5.54 Å². The number of hydrogen-bond acceptors (Lipinski definition) is 4. The molecule has 158 valence electrons. The van der Waals surface area contributed by atoms with E-state index in [1.165, 1.54) is 4.90 Å². The molecule has 2 aromatic rings. The van der Waals surface area contributed by atoms with Gasteiger partial charge in [0.15, 0.2) is 0 Å². The smallest absolute Gasteiger partial charge is 0.325 e. The summed E-state index contributed by atoms with van der Waals surface area (Å²) in [5.41, 5.74) is 1.37. The molecule has 0 atom stereocenters. The Kier molecular flexibility index (Phi) is 5.57. The summed E-state index contributed by atoms with van der Waals surface area (Å²) in [6.45, 7) is 1.22. The van der Waals surface area contributed by atoms with E-state index >= 15 is 0 Å². The van der Waals surface area contributed by atoms with E-state index in [1.54, 1.807) is 18.1 Å². The van der Waals surface area contributed by atoms with Crippen molar-refractivity contribution in [1.82, 2.24) is 24.9 Å². The molecular weight excluding hydrogens is 382 g/mol. The number of benzene rings is 1. The van der Waals surface area contributed by atoms with Gasteiger partial charge in [0, 0.05) is 38.3 Å². The summed E-state index contributed by atoms with van der Waals surface area (Å²) in [6, 6.07) is 9.67. The first-order valence-electron chi connectivity index (χ1n) is 10.4. The van der Waals surface area contributed by atoms with Gasteiger partial charge >= 0.3 is 6.03 Å². The fourth-order valence-electron chi connectivity index (χ4n) is 4.30. The highest BCUT2D eigenvalue weighted by molar-refractivity contribution is 6.07. The van der Waals surface area contributed by atoms with Gasteiger partial charge in [0.2, 0.25) is 5.91 Å². The van der Waals surface area contributed by atoms with Gasteiger partial charge in [0.25, 0.3) is 5.91 Å². The number of nitrogens with zero attached hydrogens (tertiary/aromatic N) is 4. The molecule has 1 spiro atoms. The molecule has 8 heteroatoms. The van der Waals surface area contributed by atoms with Gasteiger partial charge in [-0.1, -0.05) is 43.2 Å². The third-order valence-corrected chi connectivity index (χ3v) is 5.97. The Balaban J connectivity index is 1.28. The Morgan fingerprint density at radius 1 is 1.17 bits per heavy atom. The second-order valence-electron chi connectivity index (χ2n) is 8.21. The van der Waals surface area contributed by atoms with Gasteiger partial charge in [-0.05, 0) is 18.4 Å². The SMILES string of the molecule is CN(Cc1cnn(Cc2ccccc2)c1)C(=O)CCN1C(=O)NC2(CCCC2)C1=O. The van der Waals surface area contributed by atoms with E-state index in [2.05, 4.69) is 10.4 Å². The molecule has 1 aliphatic heterocycles. The third-order valence-electron chi connectivity index (χ3n) is 5.97. The summed E-state index contributed by atoms with van der Waals surface area (Å²) in [7, 11) is 1.72. The zero-order valence-electron chi connectivity index (χ0n) is 17.2. The van der Waals surface area contributed by atoms with E-state index in [-0.39, 0.29) is 30.8 Å². The van der Waals surface area contributed by atoms with Crippen LogP contribution >= 0.6 is 0 Å². The van der Waals surface area contributed by atoms with Gasteiger partial charge in [-0.25, -0.2) is 4.79 Å². The fraction of sp³-hybridized carbons (Fsp3) is 0.455. The molecule has 8 nitrogen and oxygen atoms in total. The van der Waals surface area contributed by atoms with Crippen LogP contribution in [-0.2, 0) is 22.7 Å². The molecular formula is C22H27N5O3. The lowest BCUT2D eigenvalue weighted by molar-refractivity contribution is -0.133. The molecule has 4 amide bonds. The molecule has 1 aliphatic carbocycles. The number of rotatable bonds is 7. The van der Waals surface area contributed by atoms with Crippen LogP contribution in [0, 0.1) is 0 Å². The van der Waals surface area contributed by atoms with Crippen molar-refractivity contribution in [3.63, 3.8) is 0 Å². The highest BCUT2D eigenvalue weighted by Gasteiger charge is 2.52. The van der Waals surface area contributed by atoms with Crippen LogP contribution in [0.4, 0.5) is 4.79 Å². The molecule has 2 fully saturated rings. The van der Waals surface area contributed by atoms with Crippen LogP contribution in [-0.4, -0.2) is 56.6 Å². The Morgan fingerprint density at radius 2 is 1.90 bits per heavy atom. The second-order valence-corrected chi connectivity index (χ2v) is 8.21. The fourth-order valence-corrected chi connectivity index (χ4v) is 4.30. The maximum absolute atomic E-state index is 12.7. The third kappa shape index (κ3) is 4.08. The maximum Gasteiger partial charge on any atom is 0.325 e. The highest BCUT2D eigenvalue weighted by atomic mass is 16.2. The molecule has 1 saturated carbocycles. The van der Waals surface area contributed by atoms with Crippen LogP contribution in [0.2, 0.25) is 0 Å². The van der Waals surface area contributed by atoms with Gasteiger partial charge in [-0.15, -0.1) is 0 Å². The van der Waals surface area contributed by atoms with Crippen molar-refractivity contribution in [2.75, 3.05) is 13.6 Å². The Bertz CT molecular complexity index is 933. The molecule has 2 aliphatic rings. The van der Waals surface area contributed by atoms with E-state index in [0.29, 0.717) is 25.9 Å². The molecule has 1 saturated heterocycles. The standard InChI is InChI=1S/C22H27N5O3/c1-25(14-18-13-23-26(16-18)15-17-7-3-2-4-8-17)19(28)9-12-27-20(29)22(24-21(27)30)10-5-6-11-22/h2-4,7-8,13,16H,5-6,9-12,14-15H2,1H3,(H,24,30). The van der Waals surface area contributed by atoms with Crippen LogP contribution in [0.15, 0.2) is 42.7 Å². The molecule has 1 aromatic heterocycles. The normalized spacial score (nSPS) is 17.6. The molecule has 2 heterocycles. The zero-order chi connectivity index (χ0) is 21.1. The summed E-state index contributed by atoms with van der Waals surface area (Å²) in [5, 5.41) is 7.21. The summed E-state index contributed by atoms with van der Waals surface area (Å²) in [5.74, 6) is -0.290. The minimum Gasteiger partial charge on any atom is -0.341 e. The Labute approximate surface area is 175 Å². The topological polar surface area (TPSA) is 87.5 Å². The molecule has 4 rings (SSSR count). The number of amides is 4. The summed E-state index contributed by atoms with van der Waals surface area (Å²) < 4.78 is 1.84. The quantitative estimate of drug-likeness (QED) is 0.710. The monoisotopic (exact) mass is 409 g/mol. The first kappa shape index (κ1) is 20.1. The van der Waals surface area contributed by atoms with Crippen molar-refractivity contribution in [1.29, 1.82) is 0 Å². The van der Waals surface area contributed by atoms with Crippen molar-refractivity contribution in [2.45, 2.75) is 50.7 Å². The van der Waals surface area contributed by atoms with Gasteiger partial charge in [-0.3, -0.25) is 19.2 Å². The lowest BCUT2D eigenvalue weighted by Gasteiger charge is -2.21. The average molecular weight is 409 g/mol. The van der Waals surface area contributed by atoms with Crippen molar-refractivity contribution < 1.29 is 14.4 Å². The summed E-state index contributed by atoms with van der Waals surface area (Å²) in [4.78, 5) is 40.3. The minimum atomic E-state index is -0.723. The van der Waals surface area contributed by atoms with Crippen LogP contribution in [0.25, 0.3) is 0 Å². The molecule has 0 radical (unpaired) electrons. The first-order chi connectivity index (χ1) is 14.5. The lowest BCUT2D eigenvalue weighted by atomic mass is 9.98. The van der Waals surface area contributed by atoms with E-state index in [4.69, 9.17) is 0 Å². The lowest BCUT2D eigenvalue weighted by Crippen LogP contribution is -2.44. The van der Waals surface area contributed by atoms with Crippen LogP contribution in [0.5, 0.6) is 0 Å². The largest absolute Gasteiger partial charge is 0.341 e. The van der Waals surface area contributed by atoms with E-state index in [1.807, 2.05) is 41.2 Å². The van der Waals surface area contributed by atoms with Crippen LogP contribution in [0.3, 0.4) is 0 Å². The van der Waals surface area contributed by atoms with Gasteiger partial charge < -0.3 is 10.2 Å². The van der Waals surface area contributed by atoms with E-state index in [9.17, 15) is 14.4 Å². The number of hydrogen-bond donors (Lipinski definition) is 1. The zero-order valence-corrected chi connectivity index (χ0v) is 17.2. The number of imide groups is 1. The summed E-state index contributed by atoms with van der Waals surface area (Å²) in [6.07, 6.45) is 7.07.